The summed E-state index contributed by atoms with van der Waals surface area (Å²) < 4.78 is 19.1. The van der Waals surface area contributed by atoms with Crippen LogP contribution in [0.2, 0.25) is 0 Å². The molecule has 0 radical (unpaired) electrons. The van der Waals surface area contributed by atoms with Crippen molar-refractivity contribution in [3.05, 3.63) is 48.0 Å². The largest absolute Gasteiger partial charge is 0.464 e. The quantitative estimate of drug-likeness (QED) is 0.873. The van der Waals surface area contributed by atoms with Crippen molar-refractivity contribution in [1.82, 2.24) is 5.32 Å². The van der Waals surface area contributed by atoms with Gasteiger partial charge in [0.1, 0.15) is 11.6 Å². The Balaban J connectivity index is 1.78. The molecular formula is C14H14FNO. The van der Waals surface area contributed by atoms with Gasteiger partial charge in [-0.15, -0.1) is 0 Å². The van der Waals surface area contributed by atoms with E-state index in [0.717, 1.165) is 5.56 Å². The smallest absolute Gasteiger partial charge is 0.133 e. The van der Waals surface area contributed by atoms with E-state index in [9.17, 15) is 4.39 Å². The maximum absolute atomic E-state index is 13.8. The van der Waals surface area contributed by atoms with Gasteiger partial charge in [0.25, 0.3) is 0 Å². The van der Waals surface area contributed by atoms with Gasteiger partial charge < -0.3 is 9.73 Å². The standard InChI is InChI=1S/C14H14FNO/c15-13-8-10(14-2-1-7-17-14)3-4-11(13)9-16-12-5-6-12/h1-4,7-8,12,16H,5-6,9H2. The van der Waals surface area contributed by atoms with Crippen molar-refractivity contribution < 1.29 is 8.81 Å². The minimum absolute atomic E-state index is 0.174. The van der Waals surface area contributed by atoms with Gasteiger partial charge in [0.05, 0.1) is 6.26 Å². The van der Waals surface area contributed by atoms with E-state index in [4.69, 9.17) is 4.42 Å². The summed E-state index contributed by atoms with van der Waals surface area (Å²) in [6, 6.07) is 9.48. The summed E-state index contributed by atoms with van der Waals surface area (Å²) in [5.74, 6) is 0.526. The van der Waals surface area contributed by atoms with E-state index in [0.29, 0.717) is 23.9 Å². The highest BCUT2D eigenvalue weighted by Crippen LogP contribution is 2.23. The highest BCUT2D eigenvalue weighted by molar-refractivity contribution is 5.57. The molecule has 88 valence electrons. The lowest BCUT2D eigenvalue weighted by molar-refractivity contribution is 0.574. The number of hydrogen-bond acceptors (Lipinski definition) is 2. The van der Waals surface area contributed by atoms with Gasteiger partial charge in [-0.05, 0) is 31.0 Å². The van der Waals surface area contributed by atoms with Crippen LogP contribution >= 0.6 is 0 Å². The number of benzene rings is 1. The first-order chi connectivity index (χ1) is 8.33. The van der Waals surface area contributed by atoms with Crippen LogP contribution in [0.3, 0.4) is 0 Å². The first-order valence-electron chi connectivity index (χ1n) is 5.88. The Morgan fingerprint density at radius 3 is 2.82 bits per heavy atom. The molecular weight excluding hydrogens is 217 g/mol. The minimum atomic E-state index is -0.174. The molecule has 3 rings (SSSR count). The fourth-order valence-corrected chi connectivity index (χ4v) is 1.83. The van der Waals surface area contributed by atoms with E-state index in [2.05, 4.69) is 5.32 Å². The highest BCUT2D eigenvalue weighted by Gasteiger charge is 2.20. The first kappa shape index (κ1) is 10.5. The van der Waals surface area contributed by atoms with Gasteiger partial charge in [-0.3, -0.25) is 0 Å². The molecule has 1 saturated carbocycles. The second kappa shape index (κ2) is 4.34. The molecule has 1 heterocycles. The van der Waals surface area contributed by atoms with Gasteiger partial charge in [0.2, 0.25) is 0 Å². The Labute approximate surface area is 99.5 Å². The SMILES string of the molecule is Fc1cc(-c2ccco2)ccc1CNC1CC1. The van der Waals surface area contributed by atoms with Crippen molar-refractivity contribution in [3.8, 4) is 11.3 Å². The molecule has 0 saturated heterocycles. The summed E-state index contributed by atoms with van der Waals surface area (Å²) in [7, 11) is 0. The number of furan rings is 1. The van der Waals surface area contributed by atoms with Crippen LogP contribution in [-0.4, -0.2) is 6.04 Å². The Morgan fingerprint density at radius 2 is 2.18 bits per heavy atom. The molecule has 2 aromatic rings. The van der Waals surface area contributed by atoms with E-state index < -0.39 is 0 Å². The Hall–Kier alpha value is -1.61. The maximum atomic E-state index is 13.8. The zero-order chi connectivity index (χ0) is 11.7. The third kappa shape index (κ3) is 2.39. The average molecular weight is 231 g/mol. The van der Waals surface area contributed by atoms with E-state index >= 15 is 0 Å². The van der Waals surface area contributed by atoms with E-state index in [1.54, 1.807) is 12.3 Å². The molecule has 1 aliphatic rings. The van der Waals surface area contributed by atoms with Crippen LogP contribution in [0.15, 0.2) is 41.0 Å². The molecule has 1 aromatic carbocycles. The van der Waals surface area contributed by atoms with E-state index in [-0.39, 0.29) is 5.82 Å². The number of halogens is 1. The zero-order valence-corrected chi connectivity index (χ0v) is 9.45. The molecule has 3 heteroatoms. The van der Waals surface area contributed by atoms with Gasteiger partial charge in [-0.25, -0.2) is 4.39 Å². The minimum Gasteiger partial charge on any atom is -0.464 e. The molecule has 0 bridgehead atoms. The van der Waals surface area contributed by atoms with Crippen LogP contribution in [0.5, 0.6) is 0 Å². The average Bonchev–Trinajstić information content (AvgIpc) is 3.00. The van der Waals surface area contributed by atoms with Crippen LogP contribution in [0.25, 0.3) is 11.3 Å². The van der Waals surface area contributed by atoms with Crippen molar-refractivity contribution in [2.45, 2.75) is 25.4 Å². The Bertz CT molecular complexity index is 503. The third-order valence-corrected chi connectivity index (χ3v) is 3.02. The van der Waals surface area contributed by atoms with Crippen LogP contribution in [0.1, 0.15) is 18.4 Å². The Kier molecular flexibility index (Phi) is 2.69. The monoisotopic (exact) mass is 231 g/mol. The summed E-state index contributed by atoms with van der Waals surface area (Å²) >= 11 is 0. The molecule has 0 atom stereocenters. The van der Waals surface area contributed by atoms with Gasteiger partial charge in [-0.1, -0.05) is 12.1 Å². The first-order valence-corrected chi connectivity index (χ1v) is 5.88. The van der Waals surface area contributed by atoms with E-state index in [1.807, 2.05) is 18.2 Å². The van der Waals surface area contributed by atoms with Crippen molar-refractivity contribution in [3.63, 3.8) is 0 Å². The second-order valence-corrected chi connectivity index (χ2v) is 4.44. The number of nitrogens with one attached hydrogen (secondary N) is 1. The van der Waals surface area contributed by atoms with Crippen LogP contribution in [0.4, 0.5) is 4.39 Å². The van der Waals surface area contributed by atoms with Gasteiger partial charge in [0.15, 0.2) is 0 Å². The number of hydrogen-bond donors (Lipinski definition) is 1. The molecule has 0 amide bonds. The fraction of sp³-hybridized carbons (Fsp3) is 0.286. The Morgan fingerprint density at radius 1 is 1.29 bits per heavy atom. The van der Waals surface area contributed by atoms with Crippen molar-refractivity contribution >= 4 is 0 Å². The molecule has 1 fully saturated rings. The normalized spacial score (nSPS) is 15.1. The summed E-state index contributed by atoms with van der Waals surface area (Å²) in [6.07, 6.45) is 4.02. The highest BCUT2D eigenvalue weighted by atomic mass is 19.1. The summed E-state index contributed by atoms with van der Waals surface area (Å²) in [4.78, 5) is 0. The topological polar surface area (TPSA) is 25.2 Å². The molecule has 1 aliphatic carbocycles. The van der Waals surface area contributed by atoms with Crippen molar-refractivity contribution in [2.24, 2.45) is 0 Å². The maximum Gasteiger partial charge on any atom is 0.133 e. The zero-order valence-electron chi connectivity index (χ0n) is 9.45. The third-order valence-electron chi connectivity index (χ3n) is 3.02. The lowest BCUT2D eigenvalue weighted by Gasteiger charge is -2.06. The second-order valence-electron chi connectivity index (χ2n) is 4.44. The van der Waals surface area contributed by atoms with Crippen LogP contribution in [-0.2, 0) is 6.54 Å². The van der Waals surface area contributed by atoms with Crippen LogP contribution < -0.4 is 5.32 Å². The summed E-state index contributed by atoms with van der Waals surface area (Å²) in [5, 5.41) is 3.30. The molecule has 0 spiro atoms. The molecule has 2 nitrogen and oxygen atoms in total. The van der Waals surface area contributed by atoms with Crippen molar-refractivity contribution in [2.75, 3.05) is 0 Å². The molecule has 17 heavy (non-hydrogen) atoms. The predicted octanol–water partition coefficient (Wildman–Crippen LogP) is 3.34. The van der Waals surface area contributed by atoms with Crippen LogP contribution in [0, 0.1) is 5.82 Å². The molecule has 0 aliphatic heterocycles. The van der Waals surface area contributed by atoms with Gasteiger partial charge >= 0.3 is 0 Å². The lowest BCUT2D eigenvalue weighted by atomic mass is 10.1. The number of rotatable bonds is 4. The molecule has 1 N–H and O–H groups in total. The van der Waals surface area contributed by atoms with E-state index in [1.165, 1.54) is 18.9 Å². The lowest BCUT2D eigenvalue weighted by Crippen LogP contribution is -2.16. The summed E-state index contributed by atoms with van der Waals surface area (Å²) in [6.45, 7) is 0.606. The fourth-order valence-electron chi connectivity index (χ4n) is 1.83. The van der Waals surface area contributed by atoms with Crippen molar-refractivity contribution in [1.29, 1.82) is 0 Å². The summed E-state index contributed by atoms with van der Waals surface area (Å²) in [5.41, 5.74) is 1.50. The van der Waals surface area contributed by atoms with Gasteiger partial charge in [0, 0.05) is 23.7 Å². The molecule has 0 unspecified atom stereocenters. The molecule has 1 aromatic heterocycles. The van der Waals surface area contributed by atoms with Gasteiger partial charge in [-0.2, -0.15) is 0 Å². The predicted molar refractivity (Wildman–Crippen MR) is 64.0 cm³/mol.